The number of fused-ring (bicyclic) bond motifs is 1. The summed E-state index contributed by atoms with van der Waals surface area (Å²) in [6.07, 6.45) is 4.42. The summed E-state index contributed by atoms with van der Waals surface area (Å²) in [5.74, 6) is 1.94. The fourth-order valence-electron chi connectivity index (χ4n) is 6.33. The normalized spacial score (nSPS) is 11.4. The van der Waals surface area contributed by atoms with Gasteiger partial charge in [0.05, 0.1) is 5.52 Å². The molecule has 2 heterocycles. The van der Waals surface area contributed by atoms with E-state index in [0.29, 0.717) is 17.5 Å². The number of nitrogens with zero attached hydrogens (tertiary/aromatic N) is 4. The van der Waals surface area contributed by atoms with Crippen LogP contribution in [0.1, 0.15) is 16.8 Å². The second-order valence-electron chi connectivity index (χ2n) is 11.7. The van der Waals surface area contributed by atoms with Crippen LogP contribution >= 0.6 is 0 Å². The standard InChI is InChI=1S/C44H32N4/c1-31-37(30-25-32-15-5-2-6-16-32)39-22-13-14-24-41(39)48(31)36-28-26-33(27-29-36)38-21-11-12-23-40(38)44-46-42(34-17-7-3-8-18-34)45-43(47-44)35-19-9-4-10-20-35/h2-30H,1H3/b30-25-. The van der Waals surface area contributed by atoms with E-state index in [9.17, 15) is 0 Å². The van der Waals surface area contributed by atoms with Gasteiger partial charge < -0.3 is 4.57 Å². The van der Waals surface area contributed by atoms with E-state index in [1.807, 2.05) is 72.8 Å². The lowest BCUT2D eigenvalue weighted by Gasteiger charge is -2.13. The number of hydrogen-bond acceptors (Lipinski definition) is 3. The van der Waals surface area contributed by atoms with Gasteiger partial charge in [-0.1, -0.05) is 158 Å². The zero-order valence-corrected chi connectivity index (χ0v) is 26.5. The van der Waals surface area contributed by atoms with Crippen molar-refractivity contribution in [2.75, 3.05) is 0 Å². The monoisotopic (exact) mass is 616 g/mol. The first-order chi connectivity index (χ1) is 23.7. The van der Waals surface area contributed by atoms with Crippen molar-refractivity contribution in [1.82, 2.24) is 19.5 Å². The van der Waals surface area contributed by atoms with Gasteiger partial charge >= 0.3 is 0 Å². The Bertz CT molecular complexity index is 2320. The van der Waals surface area contributed by atoms with Gasteiger partial charge in [0.2, 0.25) is 0 Å². The van der Waals surface area contributed by atoms with Crippen molar-refractivity contribution in [2.45, 2.75) is 6.92 Å². The minimum atomic E-state index is 0.643. The third kappa shape index (κ3) is 5.61. The number of benzene rings is 6. The Morgan fingerprint density at radius 3 is 1.60 bits per heavy atom. The summed E-state index contributed by atoms with van der Waals surface area (Å²) in [6.45, 7) is 2.20. The van der Waals surface area contributed by atoms with Crippen LogP contribution in [0.4, 0.5) is 0 Å². The topological polar surface area (TPSA) is 43.6 Å². The van der Waals surface area contributed by atoms with E-state index in [4.69, 9.17) is 15.0 Å². The van der Waals surface area contributed by atoms with Gasteiger partial charge in [0.15, 0.2) is 17.5 Å². The molecule has 48 heavy (non-hydrogen) atoms. The van der Waals surface area contributed by atoms with Crippen LogP contribution in [0.5, 0.6) is 0 Å². The Labute approximate surface area is 280 Å². The Hall–Kier alpha value is -6.39. The van der Waals surface area contributed by atoms with Gasteiger partial charge in [-0.25, -0.2) is 15.0 Å². The van der Waals surface area contributed by atoms with Crippen molar-refractivity contribution in [3.05, 3.63) is 181 Å². The summed E-state index contributed by atoms with van der Waals surface area (Å²) in [5.41, 5.74) is 10.9. The smallest absolute Gasteiger partial charge is 0.164 e. The molecular formula is C44H32N4. The Kier molecular flexibility index (Phi) is 7.73. The van der Waals surface area contributed by atoms with Crippen LogP contribution in [-0.2, 0) is 0 Å². The van der Waals surface area contributed by atoms with Crippen LogP contribution in [0.2, 0.25) is 0 Å². The molecule has 4 heteroatoms. The van der Waals surface area contributed by atoms with Crippen LogP contribution in [0.15, 0.2) is 164 Å². The lowest BCUT2D eigenvalue weighted by Crippen LogP contribution is -2.01. The molecule has 6 aromatic carbocycles. The molecule has 0 fully saturated rings. The molecule has 8 aromatic rings. The number of para-hydroxylation sites is 1. The van der Waals surface area contributed by atoms with E-state index in [1.165, 1.54) is 27.7 Å². The molecule has 0 bridgehead atoms. The molecule has 0 aliphatic rings. The van der Waals surface area contributed by atoms with Crippen LogP contribution in [0, 0.1) is 6.92 Å². The maximum Gasteiger partial charge on any atom is 0.164 e. The van der Waals surface area contributed by atoms with Crippen LogP contribution < -0.4 is 0 Å². The van der Waals surface area contributed by atoms with E-state index in [0.717, 1.165) is 33.5 Å². The Morgan fingerprint density at radius 1 is 0.438 bits per heavy atom. The summed E-state index contributed by atoms with van der Waals surface area (Å²) >= 11 is 0. The number of rotatable bonds is 7. The lowest BCUT2D eigenvalue weighted by molar-refractivity contribution is 1.05. The van der Waals surface area contributed by atoms with Crippen molar-refractivity contribution in [3.8, 4) is 51.0 Å². The first-order valence-corrected chi connectivity index (χ1v) is 16.1. The molecule has 2 aromatic heterocycles. The quantitative estimate of drug-likeness (QED) is 0.179. The summed E-state index contributed by atoms with van der Waals surface area (Å²) in [4.78, 5) is 14.9. The molecule has 0 N–H and O–H groups in total. The van der Waals surface area contributed by atoms with Gasteiger partial charge in [-0.2, -0.15) is 0 Å². The SMILES string of the molecule is Cc1c(/C=C\c2ccccc2)c2ccccc2n1-c1ccc(-c2ccccc2-c2nc(-c3ccccc3)nc(-c3ccccc3)n2)cc1. The molecule has 0 saturated heterocycles. The van der Waals surface area contributed by atoms with Crippen molar-refractivity contribution in [2.24, 2.45) is 0 Å². The van der Waals surface area contributed by atoms with Crippen LogP contribution in [-0.4, -0.2) is 19.5 Å². The predicted octanol–water partition coefficient (Wildman–Crippen LogP) is 11.0. The molecule has 4 nitrogen and oxygen atoms in total. The average molecular weight is 617 g/mol. The van der Waals surface area contributed by atoms with E-state index in [2.05, 4.69) is 115 Å². The Balaban J connectivity index is 1.20. The van der Waals surface area contributed by atoms with Crippen molar-refractivity contribution in [1.29, 1.82) is 0 Å². The van der Waals surface area contributed by atoms with E-state index in [-0.39, 0.29) is 0 Å². The van der Waals surface area contributed by atoms with E-state index >= 15 is 0 Å². The highest BCUT2D eigenvalue weighted by molar-refractivity contribution is 5.95. The maximum absolute atomic E-state index is 5.01. The Morgan fingerprint density at radius 2 is 0.958 bits per heavy atom. The van der Waals surface area contributed by atoms with Gasteiger partial charge in [0.1, 0.15) is 0 Å². The predicted molar refractivity (Wildman–Crippen MR) is 199 cm³/mol. The second kappa shape index (κ2) is 12.8. The molecule has 0 amide bonds. The third-order valence-corrected chi connectivity index (χ3v) is 8.71. The highest BCUT2D eigenvalue weighted by Gasteiger charge is 2.17. The highest BCUT2D eigenvalue weighted by atomic mass is 15.0. The van der Waals surface area contributed by atoms with Gasteiger partial charge in [-0.15, -0.1) is 0 Å². The molecule has 8 rings (SSSR count). The van der Waals surface area contributed by atoms with Gasteiger partial charge in [-0.3, -0.25) is 0 Å². The summed E-state index contributed by atoms with van der Waals surface area (Å²) in [7, 11) is 0. The summed E-state index contributed by atoms with van der Waals surface area (Å²) in [6, 6.07) is 56.4. The fraction of sp³-hybridized carbons (Fsp3) is 0.0227. The fourth-order valence-corrected chi connectivity index (χ4v) is 6.33. The summed E-state index contributed by atoms with van der Waals surface area (Å²) in [5, 5.41) is 1.23. The van der Waals surface area contributed by atoms with Crippen molar-refractivity contribution < 1.29 is 0 Å². The van der Waals surface area contributed by atoms with E-state index in [1.54, 1.807) is 0 Å². The first-order valence-electron chi connectivity index (χ1n) is 16.1. The van der Waals surface area contributed by atoms with Gasteiger partial charge in [0.25, 0.3) is 0 Å². The number of hydrogen-bond donors (Lipinski definition) is 0. The van der Waals surface area contributed by atoms with Crippen LogP contribution in [0.3, 0.4) is 0 Å². The first kappa shape index (κ1) is 29.0. The highest BCUT2D eigenvalue weighted by Crippen LogP contribution is 2.35. The molecule has 0 aliphatic carbocycles. The largest absolute Gasteiger partial charge is 0.313 e. The second-order valence-corrected chi connectivity index (χ2v) is 11.7. The molecule has 0 unspecified atom stereocenters. The molecule has 0 aliphatic heterocycles. The molecule has 0 spiro atoms. The van der Waals surface area contributed by atoms with Gasteiger partial charge in [-0.05, 0) is 41.8 Å². The molecule has 0 saturated carbocycles. The molecule has 0 radical (unpaired) electrons. The third-order valence-electron chi connectivity index (χ3n) is 8.71. The molecule has 0 atom stereocenters. The van der Waals surface area contributed by atoms with E-state index < -0.39 is 0 Å². The van der Waals surface area contributed by atoms with Crippen LogP contribution in [0.25, 0.3) is 74.0 Å². The summed E-state index contributed by atoms with van der Waals surface area (Å²) < 4.78 is 2.35. The lowest BCUT2D eigenvalue weighted by atomic mass is 9.98. The zero-order valence-electron chi connectivity index (χ0n) is 26.5. The minimum Gasteiger partial charge on any atom is -0.313 e. The maximum atomic E-state index is 5.01. The molecular weight excluding hydrogens is 585 g/mol. The van der Waals surface area contributed by atoms with Crippen molar-refractivity contribution in [3.63, 3.8) is 0 Å². The number of aromatic nitrogens is 4. The zero-order chi connectivity index (χ0) is 32.3. The van der Waals surface area contributed by atoms with Gasteiger partial charge in [0, 0.05) is 39.0 Å². The average Bonchev–Trinajstić information content (AvgIpc) is 3.45. The molecule has 228 valence electrons. The minimum absolute atomic E-state index is 0.643. The van der Waals surface area contributed by atoms with Crippen molar-refractivity contribution >= 4 is 23.1 Å².